The first-order chi connectivity index (χ1) is 11.2. The Hall–Kier alpha value is -1.75. The average Bonchev–Trinajstić information content (AvgIpc) is 3.05. The van der Waals surface area contributed by atoms with Gasteiger partial charge in [-0.2, -0.15) is 0 Å². The molecule has 23 heavy (non-hydrogen) atoms. The number of benzene rings is 1. The minimum Gasteiger partial charge on any atom is -0.495 e. The normalized spacial score (nSPS) is 19.0. The second-order valence-corrected chi connectivity index (χ2v) is 6.47. The summed E-state index contributed by atoms with van der Waals surface area (Å²) in [7, 11) is 1.64. The van der Waals surface area contributed by atoms with Crippen molar-refractivity contribution in [2.24, 2.45) is 5.92 Å². The molecular formula is C18H26N2O3. The predicted molar refractivity (Wildman–Crippen MR) is 90.2 cm³/mol. The summed E-state index contributed by atoms with van der Waals surface area (Å²) in [4.78, 5) is 12.4. The van der Waals surface area contributed by atoms with Crippen LogP contribution in [0.4, 0.5) is 10.5 Å². The highest BCUT2D eigenvalue weighted by molar-refractivity contribution is 5.92. The number of amides is 2. The molecule has 1 aromatic carbocycles. The molecule has 2 amide bonds. The third kappa shape index (κ3) is 3.61. The van der Waals surface area contributed by atoms with E-state index in [1.807, 2.05) is 6.07 Å². The van der Waals surface area contributed by atoms with Gasteiger partial charge in [0, 0.05) is 19.3 Å². The quantitative estimate of drug-likeness (QED) is 0.897. The van der Waals surface area contributed by atoms with E-state index in [0.717, 1.165) is 56.8 Å². The molecule has 1 saturated heterocycles. The van der Waals surface area contributed by atoms with Crippen molar-refractivity contribution in [2.75, 3.05) is 25.6 Å². The van der Waals surface area contributed by atoms with E-state index < -0.39 is 0 Å². The van der Waals surface area contributed by atoms with Gasteiger partial charge in [-0.05, 0) is 62.1 Å². The van der Waals surface area contributed by atoms with Gasteiger partial charge in [-0.3, -0.25) is 0 Å². The molecule has 1 fully saturated rings. The van der Waals surface area contributed by atoms with Crippen molar-refractivity contribution in [3.05, 3.63) is 23.3 Å². The minimum atomic E-state index is -0.150. The van der Waals surface area contributed by atoms with Crippen LogP contribution >= 0.6 is 0 Å². The number of methoxy groups -OCH3 is 1. The monoisotopic (exact) mass is 318 g/mol. The molecule has 1 aromatic rings. The van der Waals surface area contributed by atoms with Crippen molar-refractivity contribution < 1.29 is 14.3 Å². The summed E-state index contributed by atoms with van der Waals surface area (Å²) in [5.74, 6) is 1.22. The SMILES string of the molecule is COc1ccc2c(c1NC(=O)NC(C)C1CCOCC1)CCC2. The summed E-state index contributed by atoms with van der Waals surface area (Å²) < 4.78 is 10.8. The van der Waals surface area contributed by atoms with Crippen molar-refractivity contribution >= 4 is 11.7 Å². The van der Waals surface area contributed by atoms with Crippen LogP contribution in [0.2, 0.25) is 0 Å². The number of carbonyl (C=O) groups excluding carboxylic acids is 1. The highest BCUT2D eigenvalue weighted by Gasteiger charge is 2.24. The molecule has 0 aromatic heterocycles. The molecular weight excluding hydrogens is 292 g/mol. The molecule has 5 heteroatoms. The first-order valence-corrected chi connectivity index (χ1v) is 8.53. The largest absolute Gasteiger partial charge is 0.495 e. The summed E-state index contributed by atoms with van der Waals surface area (Å²) in [5.41, 5.74) is 3.37. The van der Waals surface area contributed by atoms with Gasteiger partial charge < -0.3 is 20.1 Å². The van der Waals surface area contributed by atoms with E-state index in [2.05, 4.69) is 23.6 Å². The molecule has 1 aliphatic heterocycles. The second kappa shape index (κ2) is 7.21. The minimum absolute atomic E-state index is 0.140. The molecule has 0 radical (unpaired) electrons. The Morgan fingerprint density at radius 2 is 2.09 bits per heavy atom. The molecule has 0 bridgehead atoms. The third-order valence-corrected chi connectivity index (χ3v) is 5.03. The molecule has 126 valence electrons. The third-order valence-electron chi connectivity index (χ3n) is 5.03. The smallest absolute Gasteiger partial charge is 0.319 e. The number of carbonyl (C=O) groups is 1. The van der Waals surface area contributed by atoms with E-state index in [1.54, 1.807) is 7.11 Å². The predicted octanol–water partition coefficient (Wildman–Crippen LogP) is 3.12. The molecule has 5 nitrogen and oxygen atoms in total. The van der Waals surface area contributed by atoms with Crippen molar-refractivity contribution in [1.29, 1.82) is 0 Å². The molecule has 1 aliphatic carbocycles. The fourth-order valence-corrected chi connectivity index (χ4v) is 3.64. The summed E-state index contributed by atoms with van der Waals surface area (Å²) in [6, 6.07) is 4.04. The Balaban J connectivity index is 1.67. The molecule has 1 heterocycles. The number of anilines is 1. The number of hydrogen-bond donors (Lipinski definition) is 2. The molecule has 2 N–H and O–H groups in total. The zero-order valence-electron chi connectivity index (χ0n) is 14.0. The Labute approximate surface area is 137 Å². The van der Waals surface area contributed by atoms with Gasteiger partial charge in [0.15, 0.2) is 0 Å². The van der Waals surface area contributed by atoms with Gasteiger partial charge in [0.2, 0.25) is 0 Å². The van der Waals surface area contributed by atoms with Gasteiger partial charge >= 0.3 is 6.03 Å². The van der Waals surface area contributed by atoms with Crippen LogP contribution in [0.5, 0.6) is 5.75 Å². The summed E-state index contributed by atoms with van der Waals surface area (Å²) >= 11 is 0. The average molecular weight is 318 g/mol. The number of hydrogen-bond acceptors (Lipinski definition) is 3. The molecule has 1 unspecified atom stereocenters. The Morgan fingerprint density at radius 1 is 1.30 bits per heavy atom. The summed E-state index contributed by atoms with van der Waals surface area (Å²) in [5, 5.41) is 6.10. The van der Waals surface area contributed by atoms with Gasteiger partial charge in [-0.1, -0.05) is 6.07 Å². The Morgan fingerprint density at radius 3 is 2.83 bits per heavy atom. The zero-order valence-corrected chi connectivity index (χ0v) is 14.0. The van der Waals surface area contributed by atoms with Crippen molar-refractivity contribution in [3.63, 3.8) is 0 Å². The number of ether oxygens (including phenoxy) is 2. The fourth-order valence-electron chi connectivity index (χ4n) is 3.64. The molecule has 1 atom stereocenters. The standard InChI is InChI=1S/C18H26N2O3/c1-12(13-8-10-23-11-9-13)19-18(21)20-17-15-5-3-4-14(15)6-7-16(17)22-2/h6-7,12-13H,3-5,8-11H2,1-2H3,(H2,19,20,21). The first-order valence-electron chi connectivity index (χ1n) is 8.53. The highest BCUT2D eigenvalue weighted by Crippen LogP contribution is 2.36. The molecule has 3 rings (SSSR count). The topological polar surface area (TPSA) is 59.6 Å². The van der Waals surface area contributed by atoms with Crippen LogP contribution in [0.1, 0.15) is 37.3 Å². The maximum atomic E-state index is 12.4. The van der Waals surface area contributed by atoms with Crippen LogP contribution in [0.3, 0.4) is 0 Å². The van der Waals surface area contributed by atoms with Crippen LogP contribution in [0.25, 0.3) is 0 Å². The van der Waals surface area contributed by atoms with Crippen LogP contribution < -0.4 is 15.4 Å². The first kappa shape index (κ1) is 16.1. The highest BCUT2D eigenvalue weighted by atomic mass is 16.5. The number of urea groups is 1. The van der Waals surface area contributed by atoms with Gasteiger partial charge in [0.05, 0.1) is 12.8 Å². The molecule has 2 aliphatic rings. The second-order valence-electron chi connectivity index (χ2n) is 6.47. The van der Waals surface area contributed by atoms with E-state index in [0.29, 0.717) is 5.92 Å². The van der Waals surface area contributed by atoms with E-state index in [9.17, 15) is 4.79 Å². The van der Waals surface area contributed by atoms with E-state index in [1.165, 1.54) is 11.1 Å². The lowest BCUT2D eigenvalue weighted by atomic mass is 9.93. The van der Waals surface area contributed by atoms with Gasteiger partial charge in [0.25, 0.3) is 0 Å². The maximum absolute atomic E-state index is 12.4. The number of fused-ring (bicyclic) bond motifs is 1. The lowest BCUT2D eigenvalue weighted by Crippen LogP contribution is -2.42. The maximum Gasteiger partial charge on any atom is 0.319 e. The lowest BCUT2D eigenvalue weighted by Gasteiger charge is -2.28. The van der Waals surface area contributed by atoms with Crippen LogP contribution in [0.15, 0.2) is 12.1 Å². The lowest BCUT2D eigenvalue weighted by molar-refractivity contribution is 0.0573. The van der Waals surface area contributed by atoms with Crippen LogP contribution in [0, 0.1) is 5.92 Å². The summed E-state index contributed by atoms with van der Waals surface area (Å²) in [6.45, 7) is 3.65. The van der Waals surface area contributed by atoms with Crippen molar-refractivity contribution in [3.8, 4) is 5.75 Å². The van der Waals surface area contributed by atoms with E-state index >= 15 is 0 Å². The fraction of sp³-hybridized carbons (Fsp3) is 0.611. The van der Waals surface area contributed by atoms with Crippen LogP contribution in [-0.4, -0.2) is 32.4 Å². The van der Waals surface area contributed by atoms with E-state index in [-0.39, 0.29) is 12.1 Å². The molecule has 0 saturated carbocycles. The number of nitrogens with one attached hydrogen (secondary N) is 2. The number of aryl methyl sites for hydroxylation is 1. The Bertz CT molecular complexity index is 568. The zero-order chi connectivity index (χ0) is 16.2. The van der Waals surface area contributed by atoms with Gasteiger partial charge in [0.1, 0.15) is 5.75 Å². The molecule has 0 spiro atoms. The number of rotatable bonds is 4. The van der Waals surface area contributed by atoms with Gasteiger partial charge in [-0.15, -0.1) is 0 Å². The van der Waals surface area contributed by atoms with E-state index in [4.69, 9.17) is 9.47 Å². The summed E-state index contributed by atoms with van der Waals surface area (Å²) in [6.07, 6.45) is 5.22. The van der Waals surface area contributed by atoms with Gasteiger partial charge in [-0.25, -0.2) is 4.79 Å². The van der Waals surface area contributed by atoms with Crippen molar-refractivity contribution in [2.45, 2.75) is 45.1 Å². The van der Waals surface area contributed by atoms with Crippen molar-refractivity contribution in [1.82, 2.24) is 5.32 Å². The van der Waals surface area contributed by atoms with Crippen LogP contribution in [-0.2, 0) is 17.6 Å². The Kier molecular flexibility index (Phi) is 5.06.